The van der Waals surface area contributed by atoms with E-state index in [1.807, 2.05) is 0 Å². The molecule has 3 N–H and O–H groups in total. The number of hydrogen-bond donors (Lipinski definition) is 2. The van der Waals surface area contributed by atoms with E-state index in [0.717, 1.165) is 0 Å². The van der Waals surface area contributed by atoms with Crippen molar-refractivity contribution in [3.05, 3.63) is 28.8 Å². The Morgan fingerprint density at radius 1 is 1.35 bits per heavy atom. The molecule has 0 spiro atoms. The van der Waals surface area contributed by atoms with E-state index in [4.69, 9.17) is 17.3 Å². The molecule has 0 aromatic heterocycles. The number of amides is 1. The van der Waals surface area contributed by atoms with Gasteiger partial charge in [0.05, 0.1) is 6.10 Å². The van der Waals surface area contributed by atoms with Crippen molar-refractivity contribution < 1.29 is 9.90 Å². The number of carbonyl (C=O) groups is 1. The lowest BCUT2D eigenvalue weighted by Gasteiger charge is -2.29. The maximum Gasteiger partial charge on any atom is 0.253 e. The van der Waals surface area contributed by atoms with Crippen LogP contribution >= 0.6 is 11.6 Å². The predicted octanol–water partition coefficient (Wildman–Crippen LogP) is 1.52. The van der Waals surface area contributed by atoms with E-state index in [1.54, 1.807) is 23.1 Å². The summed E-state index contributed by atoms with van der Waals surface area (Å²) in [4.78, 5) is 13.9. The first-order valence-electron chi connectivity index (χ1n) is 5.59. The van der Waals surface area contributed by atoms with Crippen LogP contribution in [0.15, 0.2) is 18.2 Å². The number of anilines is 1. The number of aliphatic hydroxyl groups excluding tert-OH is 1. The summed E-state index contributed by atoms with van der Waals surface area (Å²) >= 11 is 5.87. The van der Waals surface area contributed by atoms with Crippen LogP contribution in [0.5, 0.6) is 0 Å². The van der Waals surface area contributed by atoms with Gasteiger partial charge in [0.15, 0.2) is 0 Å². The molecule has 1 fully saturated rings. The second-order valence-electron chi connectivity index (χ2n) is 4.30. The van der Waals surface area contributed by atoms with Crippen molar-refractivity contribution in [2.45, 2.75) is 18.9 Å². The summed E-state index contributed by atoms with van der Waals surface area (Å²) in [6, 6.07) is 4.85. The molecule has 0 unspecified atom stereocenters. The van der Waals surface area contributed by atoms with Crippen molar-refractivity contribution in [1.82, 2.24) is 4.90 Å². The maximum atomic E-state index is 12.1. The number of nitrogen functional groups attached to an aromatic ring is 1. The number of benzene rings is 1. The zero-order chi connectivity index (χ0) is 12.4. The molecule has 0 bridgehead atoms. The molecule has 1 aromatic carbocycles. The van der Waals surface area contributed by atoms with E-state index in [0.29, 0.717) is 42.2 Å². The molecule has 1 saturated heterocycles. The highest BCUT2D eigenvalue weighted by atomic mass is 35.5. The van der Waals surface area contributed by atoms with Gasteiger partial charge in [-0.25, -0.2) is 0 Å². The van der Waals surface area contributed by atoms with Crippen molar-refractivity contribution in [1.29, 1.82) is 0 Å². The van der Waals surface area contributed by atoms with Crippen molar-refractivity contribution in [3.8, 4) is 0 Å². The van der Waals surface area contributed by atoms with Crippen molar-refractivity contribution in [2.24, 2.45) is 0 Å². The number of carbonyl (C=O) groups excluding carboxylic acids is 1. The summed E-state index contributed by atoms with van der Waals surface area (Å²) in [6.07, 6.45) is 0.965. The zero-order valence-electron chi connectivity index (χ0n) is 9.40. The average Bonchev–Trinajstić information content (AvgIpc) is 2.28. The van der Waals surface area contributed by atoms with Gasteiger partial charge in [-0.3, -0.25) is 4.79 Å². The van der Waals surface area contributed by atoms with Crippen LogP contribution in [0.3, 0.4) is 0 Å². The van der Waals surface area contributed by atoms with E-state index in [9.17, 15) is 9.90 Å². The summed E-state index contributed by atoms with van der Waals surface area (Å²) in [5.74, 6) is -0.0777. The minimum Gasteiger partial charge on any atom is -0.399 e. The number of halogens is 1. The Morgan fingerprint density at radius 3 is 2.59 bits per heavy atom. The van der Waals surface area contributed by atoms with Crippen LogP contribution in [0.1, 0.15) is 23.2 Å². The molecule has 1 aliphatic rings. The zero-order valence-corrected chi connectivity index (χ0v) is 10.2. The van der Waals surface area contributed by atoms with E-state index in [1.165, 1.54) is 0 Å². The molecule has 4 nitrogen and oxygen atoms in total. The van der Waals surface area contributed by atoms with Crippen LogP contribution in [0.25, 0.3) is 0 Å². The Balaban J connectivity index is 2.14. The highest BCUT2D eigenvalue weighted by Gasteiger charge is 2.22. The molecule has 0 aliphatic carbocycles. The highest BCUT2D eigenvalue weighted by Crippen LogP contribution is 2.20. The van der Waals surface area contributed by atoms with Crippen LogP contribution in [-0.4, -0.2) is 35.1 Å². The molecule has 1 heterocycles. The number of aliphatic hydroxyl groups is 1. The van der Waals surface area contributed by atoms with Crippen LogP contribution in [0.4, 0.5) is 5.69 Å². The van der Waals surface area contributed by atoms with Crippen molar-refractivity contribution in [2.75, 3.05) is 18.8 Å². The first-order valence-corrected chi connectivity index (χ1v) is 5.97. The third-order valence-electron chi connectivity index (χ3n) is 2.92. The predicted molar refractivity (Wildman–Crippen MR) is 67.0 cm³/mol. The molecule has 0 radical (unpaired) electrons. The molecule has 92 valence electrons. The summed E-state index contributed by atoms with van der Waals surface area (Å²) in [7, 11) is 0. The number of nitrogens with zero attached hydrogens (tertiary/aromatic N) is 1. The van der Waals surface area contributed by atoms with Gasteiger partial charge in [0.25, 0.3) is 5.91 Å². The number of piperidine rings is 1. The van der Waals surface area contributed by atoms with Gasteiger partial charge in [-0.15, -0.1) is 0 Å². The molecule has 5 heteroatoms. The third kappa shape index (κ3) is 2.90. The molecule has 1 amide bonds. The van der Waals surface area contributed by atoms with E-state index in [2.05, 4.69) is 0 Å². The van der Waals surface area contributed by atoms with Gasteiger partial charge >= 0.3 is 0 Å². The Kier molecular flexibility index (Phi) is 3.54. The fraction of sp³-hybridized carbons (Fsp3) is 0.417. The molecule has 1 aromatic rings. The van der Waals surface area contributed by atoms with Crippen LogP contribution in [-0.2, 0) is 0 Å². The van der Waals surface area contributed by atoms with Crippen molar-refractivity contribution >= 4 is 23.2 Å². The Bertz CT molecular complexity index is 408. The summed E-state index contributed by atoms with van der Waals surface area (Å²) in [5.41, 5.74) is 6.64. The molecular weight excluding hydrogens is 240 g/mol. The molecule has 0 saturated carbocycles. The van der Waals surface area contributed by atoms with Crippen LogP contribution in [0.2, 0.25) is 5.02 Å². The Hall–Kier alpha value is -1.26. The second kappa shape index (κ2) is 4.94. The fourth-order valence-corrected chi connectivity index (χ4v) is 2.23. The molecular formula is C12H15ClN2O2. The number of likely N-dealkylation sites (tertiary alicyclic amines) is 1. The van der Waals surface area contributed by atoms with Gasteiger partial charge in [-0.05, 0) is 31.0 Å². The molecule has 17 heavy (non-hydrogen) atoms. The lowest BCUT2D eigenvalue weighted by atomic mass is 10.1. The van der Waals surface area contributed by atoms with Gasteiger partial charge in [0.1, 0.15) is 0 Å². The van der Waals surface area contributed by atoms with Crippen LogP contribution in [0, 0.1) is 0 Å². The first-order chi connectivity index (χ1) is 8.06. The topological polar surface area (TPSA) is 66.6 Å². The fourth-order valence-electron chi connectivity index (χ4n) is 1.99. The van der Waals surface area contributed by atoms with Gasteiger partial charge in [0, 0.05) is 29.4 Å². The Morgan fingerprint density at radius 2 is 2.00 bits per heavy atom. The second-order valence-corrected chi connectivity index (χ2v) is 4.73. The number of hydrogen-bond acceptors (Lipinski definition) is 3. The van der Waals surface area contributed by atoms with Crippen LogP contribution < -0.4 is 5.73 Å². The quantitative estimate of drug-likeness (QED) is 0.747. The monoisotopic (exact) mass is 254 g/mol. The van der Waals surface area contributed by atoms with Gasteiger partial charge in [0.2, 0.25) is 0 Å². The molecule has 0 atom stereocenters. The lowest BCUT2D eigenvalue weighted by Crippen LogP contribution is -2.40. The Labute approximate surface area is 105 Å². The molecule has 1 aliphatic heterocycles. The molecule has 2 rings (SSSR count). The minimum absolute atomic E-state index is 0.0777. The van der Waals surface area contributed by atoms with Crippen molar-refractivity contribution in [3.63, 3.8) is 0 Å². The van der Waals surface area contributed by atoms with Gasteiger partial charge in [-0.1, -0.05) is 11.6 Å². The summed E-state index contributed by atoms with van der Waals surface area (Å²) in [6.45, 7) is 1.15. The lowest BCUT2D eigenvalue weighted by molar-refractivity contribution is 0.0546. The minimum atomic E-state index is -0.288. The summed E-state index contributed by atoms with van der Waals surface area (Å²) < 4.78 is 0. The summed E-state index contributed by atoms with van der Waals surface area (Å²) in [5, 5.41) is 9.85. The van der Waals surface area contributed by atoms with Gasteiger partial charge in [-0.2, -0.15) is 0 Å². The van der Waals surface area contributed by atoms with E-state index in [-0.39, 0.29) is 12.0 Å². The average molecular weight is 255 g/mol. The highest BCUT2D eigenvalue weighted by molar-refractivity contribution is 6.31. The van der Waals surface area contributed by atoms with Gasteiger partial charge < -0.3 is 15.7 Å². The largest absolute Gasteiger partial charge is 0.399 e. The smallest absolute Gasteiger partial charge is 0.253 e. The normalized spacial score (nSPS) is 17.2. The van der Waals surface area contributed by atoms with E-state index < -0.39 is 0 Å². The first kappa shape index (κ1) is 12.2. The number of rotatable bonds is 1. The standard InChI is InChI=1S/C12H15ClN2O2/c13-9-5-8(6-10(14)7-9)12(17)15-3-1-11(16)2-4-15/h5-7,11,16H,1-4,14H2. The third-order valence-corrected chi connectivity index (χ3v) is 3.14. The van der Waals surface area contributed by atoms with E-state index >= 15 is 0 Å². The number of nitrogens with two attached hydrogens (primary N) is 1. The maximum absolute atomic E-state index is 12.1. The SMILES string of the molecule is Nc1cc(Cl)cc(C(=O)N2CCC(O)CC2)c1.